The number of hydrogen-bond acceptors (Lipinski definition) is 8. The number of esters is 1. The molecule has 190 valence electrons. The molecule has 0 amide bonds. The van der Waals surface area contributed by atoms with Crippen molar-refractivity contribution in [2.75, 3.05) is 19.8 Å². The summed E-state index contributed by atoms with van der Waals surface area (Å²) in [7, 11) is 0. The van der Waals surface area contributed by atoms with Gasteiger partial charge in [-0.3, -0.25) is 4.79 Å². The number of carbonyl (C=O) groups excluding carboxylic acids is 1. The van der Waals surface area contributed by atoms with Crippen molar-refractivity contribution in [3.05, 3.63) is 64.7 Å². The molecule has 2 aromatic rings. The number of benzene rings is 2. The van der Waals surface area contributed by atoms with E-state index in [1.807, 2.05) is 49.4 Å². The summed E-state index contributed by atoms with van der Waals surface area (Å²) in [5.74, 6) is -1.02. The molecule has 8 heteroatoms. The molecule has 3 N–H and O–H groups in total. The van der Waals surface area contributed by atoms with E-state index in [2.05, 4.69) is 0 Å². The van der Waals surface area contributed by atoms with E-state index in [-0.39, 0.29) is 12.6 Å². The van der Waals surface area contributed by atoms with Crippen LogP contribution in [0.5, 0.6) is 5.75 Å². The van der Waals surface area contributed by atoms with Gasteiger partial charge in [-0.05, 0) is 68.5 Å². The van der Waals surface area contributed by atoms with Crippen LogP contribution in [0.2, 0.25) is 0 Å². The lowest BCUT2D eigenvalue weighted by atomic mass is 9.84. The molecule has 35 heavy (non-hydrogen) atoms. The molecule has 0 aliphatic carbocycles. The Labute approximate surface area is 205 Å². The molecule has 2 saturated heterocycles. The van der Waals surface area contributed by atoms with Crippen molar-refractivity contribution >= 4 is 5.97 Å². The van der Waals surface area contributed by atoms with Crippen LogP contribution in [0.1, 0.15) is 48.9 Å². The first-order valence-corrected chi connectivity index (χ1v) is 12.0. The molecule has 2 bridgehead atoms. The summed E-state index contributed by atoms with van der Waals surface area (Å²) in [6.07, 6.45) is -2.49. The van der Waals surface area contributed by atoms with Crippen molar-refractivity contribution < 1.29 is 39.1 Å². The topological polar surface area (TPSA) is 115 Å². The zero-order chi connectivity index (χ0) is 25.2. The normalized spacial score (nSPS) is 29.7. The van der Waals surface area contributed by atoms with Crippen molar-refractivity contribution in [1.29, 1.82) is 0 Å². The molecule has 0 spiro atoms. The third kappa shape index (κ3) is 5.08. The van der Waals surface area contributed by atoms with E-state index in [0.29, 0.717) is 38.0 Å². The molecule has 2 heterocycles. The first-order valence-electron chi connectivity index (χ1n) is 12.0. The van der Waals surface area contributed by atoms with E-state index in [9.17, 15) is 20.1 Å². The second-order valence-electron chi connectivity index (χ2n) is 9.47. The summed E-state index contributed by atoms with van der Waals surface area (Å²) in [5, 5.41) is 31.6. The molecule has 5 atom stereocenters. The van der Waals surface area contributed by atoms with Crippen LogP contribution >= 0.6 is 0 Å². The Hall–Kier alpha value is -2.49. The fourth-order valence-electron chi connectivity index (χ4n) is 4.66. The van der Waals surface area contributed by atoms with E-state index >= 15 is 0 Å². The van der Waals surface area contributed by atoms with Gasteiger partial charge < -0.3 is 34.3 Å². The van der Waals surface area contributed by atoms with Gasteiger partial charge in [0.2, 0.25) is 5.79 Å². The van der Waals surface area contributed by atoms with Crippen LogP contribution in [-0.4, -0.2) is 65.0 Å². The van der Waals surface area contributed by atoms with Gasteiger partial charge in [0.25, 0.3) is 0 Å². The van der Waals surface area contributed by atoms with Gasteiger partial charge in [-0.25, -0.2) is 0 Å². The van der Waals surface area contributed by atoms with Crippen LogP contribution < -0.4 is 4.74 Å². The molecular weight excluding hydrogens is 452 g/mol. The van der Waals surface area contributed by atoms with Crippen molar-refractivity contribution in [3.8, 4) is 5.75 Å². The predicted octanol–water partition coefficient (Wildman–Crippen LogP) is 2.36. The van der Waals surface area contributed by atoms with Gasteiger partial charge in [-0.2, -0.15) is 0 Å². The Morgan fingerprint density at radius 2 is 1.86 bits per heavy atom. The van der Waals surface area contributed by atoms with Gasteiger partial charge in [0.15, 0.2) is 0 Å². The fraction of sp³-hybridized carbons (Fsp3) is 0.519. The Morgan fingerprint density at radius 3 is 2.57 bits per heavy atom. The average molecular weight is 487 g/mol. The van der Waals surface area contributed by atoms with Crippen LogP contribution in [0.3, 0.4) is 0 Å². The predicted molar refractivity (Wildman–Crippen MR) is 127 cm³/mol. The largest absolute Gasteiger partial charge is 0.494 e. The summed E-state index contributed by atoms with van der Waals surface area (Å²) in [6.45, 7) is 6.35. The Morgan fingerprint density at radius 1 is 1.11 bits per heavy atom. The first-order chi connectivity index (χ1) is 16.7. The summed E-state index contributed by atoms with van der Waals surface area (Å²) >= 11 is 0. The number of aryl methyl sites for hydroxylation is 1. The van der Waals surface area contributed by atoms with Crippen LogP contribution in [0.15, 0.2) is 42.5 Å². The molecule has 8 nitrogen and oxygen atoms in total. The zero-order valence-electron chi connectivity index (χ0n) is 20.4. The van der Waals surface area contributed by atoms with Crippen molar-refractivity contribution in [1.82, 2.24) is 0 Å². The third-order valence-electron chi connectivity index (χ3n) is 6.79. The Kier molecular flexibility index (Phi) is 7.49. The number of rotatable bonds is 9. The SMILES string of the molecule is CCOC(=O)CCCOc1ccc(Cc2cc([C@]34OC[C@](C)(O3)[C@@H](O)[C@H](O)C4O)ccc2C)cc1. The van der Waals surface area contributed by atoms with Gasteiger partial charge in [-0.15, -0.1) is 0 Å². The lowest BCUT2D eigenvalue weighted by molar-refractivity contribution is -0.322. The quantitative estimate of drug-likeness (QED) is 0.366. The van der Waals surface area contributed by atoms with Crippen molar-refractivity contribution in [2.24, 2.45) is 0 Å². The molecule has 0 saturated carbocycles. The lowest BCUT2D eigenvalue weighted by Gasteiger charge is -2.45. The highest BCUT2D eigenvalue weighted by molar-refractivity contribution is 5.69. The highest BCUT2D eigenvalue weighted by Crippen LogP contribution is 2.49. The summed E-state index contributed by atoms with van der Waals surface area (Å²) < 4.78 is 22.6. The van der Waals surface area contributed by atoms with Gasteiger partial charge in [-0.1, -0.05) is 24.3 Å². The fourth-order valence-corrected chi connectivity index (χ4v) is 4.66. The number of fused-ring (bicyclic) bond motifs is 2. The van der Waals surface area contributed by atoms with E-state index in [0.717, 1.165) is 22.4 Å². The number of ether oxygens (including phenoxy) is 4. The van der Waals surface area contributed by atoms with Crippen LogP contribution in [-0.2, 0) is 31.2 Å². The molecule has 0 aromatic heterocycles. The lowest BCUT2D eigenvalue weighted by Crippen LogP contribution is -2.63. The van der Waals surface area contributed by atoms with E-state index in [1.165, 1.54) is 0 Å². The highest BCUT2D eigenvalue weighted by Gasteiger charge is 2.65. The van der Waals surface area contributed by atoms with Crippen molar-refractivity contribution in [2.45, 2.75) is 69.7 Å². The van der Waals surface area contributed by atoms with Gasteiger partial charge in [0, 0.05) is 12.0 Å². The van der Waals surface area contributed by atoms with Gasteiger partial charge in [0.05, 0.1) is 19.8 Å². The second kappa shape index (κ2) is 10.2. The molecule has 2 aliphatic heterocycles. The highest BCUT2D eigenvalue weighted by atomic mass is 16.8. The molecular formula is C27H34O8. The van der Waals surface area contributed by atoms with E-state index in [1.54, 1.807) is 13.8 Å². The van der Waals surface area contributed by atoms with Crippen molar-refractivity contribution in [3.63, 3.8) is 0 Å². The van der Waals surface area contributed by atoms with Crippen LogP contribution in [0.25, 0.3) is 0 Å². The Bertz CT molecular complexity index is 1040. The summed E-state index contributed by atoms with van der Waals surface area (Å²) in [5.41, 5.74) is 2.65. The number of aliphatic hydroxyl groups excluding tert-OH is 3. The monoisotopic (exact) mass is 486 g/mol. The smallest absolute Gasteiger partial charge is 0.305 e. The second-order valence-corrected chi connectivity index (χ2v) is 9.47. The maximum atomic E-state index is 11.4. The molecule has 0 radical (unpaired) electrons. The maximum absolute atomic E-state index is 11.4. The standard InChI is InChI=1S/C27H34O8/c1-4-32-22(28)6-5-13-33-21-11-8-18(9-12-21)14-19-15-20(10-7-17(19)2)27-25(31)23(29)24(30)26(3,35-27)16-34-27/h7-12,15,23-25,29-31H,4-6,13-14,16H2,1-3H3/t23-,24-,25?,26-,27-/m0/s1. The van der Waals surface area contributed by atoms with Crippen LogP contribution in [0.4, 0.5) is 0 Å². The maximum Gasteiger partial charge on any atom is 0.305 e. The minimum absolute atomic E-state index is 0.0622. The number of aliphatic hydroxyl groups is 3. The molecule has 1 unspecified atom stereocenters. The third-order valence-corrected chi connectivity index (χ3v) is 6.79. The number of hydrogen-bond donors (Lipinski definition) is 3. The van der Waals surface area contributed by atoms with E-state index < -0.39 is 29.7 Å². The van der Waals surface area contributed by atoms with Gasteiger partial charge >= 0.3 is 5.97 Å². The summed E-state index contributed by atoms with van der Waals surface area (Å²) in [6, 6.07) is 13.5. The van der Waals surface area contributed by atoms with E-state index in [4.69, 9.17) is 18.9 Å². The Balaban J connectivity index is 1.43. The zero-order valence-corrected chi connectivity index (χ0v) is 20.4. The summed E-state index contributed by atoms with van der Waals surface area (Å²) in [4.78, 5) is 11.4. The average Bonchev–Trinajstić information content (AvgIpc) is 3.19. The molecule has 2 aliphatic rings. The molecule has 2 aromatic carbocycles. The minimum Gasteiger partial charge on any atom is -0.494 e. The van der Waals surface area contributed by atoms with Gasteiger partial charge in [0.1, 0.15) is 29.7 Å². The van der Waals surface area contributed by atoms with Crippen LogP contribution in [0, 0.1) is 6.92 Å². The number of carbonyl (C=O) groups is 1. The molecule has 4 rings (SSSR count). The molecule has 2 fully saturated rings. The first kappa shape index (κ1) is 25.6. The minimum atomic E-state index is -1.53.